The van der Waals surface area contributed by atoms with E-state index in [0.29, 0.717) is 11.3 Å². The standard InChI is InChI=1S/C15H18N2O2S/c1-4-11-5-6-12(20-11)9-16-14-8-7-13(10(2)17-14)15(18)19-3/h5-8H,4,9H2,1-3H3,(H,16,17). The average molecular weight is 290 g/mol. The van der Waals surface area contributed by atoms with Crippen molar-refractivity contribution in [3.63, 3.8) is 0 Å². The van der Waals surface area contributed by atoms with Gasteiger partial charge in [-0.3, -0.25) is 0 Å². The first-order valence-electron chi connectivity index (χ1n) is 6.51. The summed E-state index contributed by atoms with van der Waals surface area (Å²) >= 11 is 1.80. The van der Waals surface area contributed by atoms with Crippen molar-refractivity contribution in [2.45, 2.75) is 26.8 Å². The zero-order valence-corrected chi connectivity index (χ0v) is 12.7. The van der Waals surface area contributed by atoms with Gasteiger partial charge in [0.05, 0.1) is 24.9 Å². The maximum atomic E-state index is 11.5. The number of hydrogen-bond acceptors (Lipinski definition) is 5. The fourth-order valence-corrected chi connectivity index (χ4v) is 2.77. The van der Waals surface area contributed by atoms with Gasteiger partial charge in [0.25, 0.3) is 0 Å². The fraction of sp³-hybridized carbons (Fsp3) is 0.333. The smallest absolute Gasteiger partial charge is 0.339 e. The van der Waals surface area contributed by atoms with Gasteiger partial charge in [0, 0.05) is 9.75 Å². The maximum absolute atomic E-state index is 11.5. The molecular formula is C15H18N2O2S. The SMILES string of the molecule is CCc1ccc(CNc2ccc(C(=O)OC)c(C)n2)s1. The van der Waals surface area contributed by atoms with Crippen molar-refractivity contribution in [2.75, 3.05) is 12.4 Å². The molecule has 0 aliphatic carbocycles. The molecule has 0 aliphatic heterocycles. The minimum atomic E-state index is -0.354. The monoisotopic (exact) mass is 290 g/mol. The lowest BCUT2D eigenvalue weighted by molar-refractivity contribution is 0.0599. The van der Waals surface area contributed by atoms with E-state index < -0.39 is 0 Å². The van der Waals surface area contributed by atoms with Crippen LogP contribution in [0.2, 0.25) is 0 Å². The molecule has 20 heavy (non-hydrogen) atoms. The zero-order valence-electron chi connectivity index (χ0n) is 11.9. The number of nitrogens with one attached hydrogen (secondary N) is 1. The van der Waals surface area contributed by atoms with Gasteiger partial charge in [0.1, 0.15) is 5.82 Å². The van der Waals surface area contributed by atoms with E-state index in [0.717, 1.165) is 18.8 Å². The van der Waals surface area contributed by atoms with Gasteiger partial charge in [0.15, 0.2) is 0 Å². The Balaban J connectivity index is 2.03. The van der Waals surface area contributed by atoms with Crippen LogP contribution in [0.5, 0.6) is 0 Å². The Labute approximate surface area is 122 Å². The molecule has 5 heteroatoms. The van der Waals surface area contributed by atoms with Gasteiger partial charge in [-0.2, -0.15) is 0 Å². The van der Waals surface area contributed by atoms with Crippen LogP contribution in [0.1, 0.15) is 32.7 Å². The predicted octanol–water partition coefficient (Wildman–Crippen LogP) is 3.41. The van der Waals surface area contributed by atoms with Crippen LogP contribution in [0, 0.1) is 6.92 Å². The second kappa shape index (κ2) is 6.52. The molecule has 0 atom stereocenters. The highest BCUT2D eigenvalue weighted by Crippen LogP contribution is 2.18. The number of esters is 1. The predicted molar refractivity (Wildman–Crippen MR) is 81.3 cm³/mol. The topological polar surface area (TPSA) is 51.2 Å². The molecule has 2 aromatic heterocycles. The van der Waals surface area contributed by atoms with Crippen LogP contribution in [0.3, 0.4) is 0 Å². The number of aromatic nitrogens is 1. The van der Waals surface area contributed by atoms with Crippen LogP contribution in [-0.2, 0) is 17.7 Å². The molecule has 2 rings (SSSR count). The largest absolute Gasteiger partial charge is 0.465 e. The second-order valence-corrected chi connectivity index (χ2v) is 5.65. The molecule has 0 fully saturated rings. The van der Waals surface area contributed by atoms with Crippen molar-refractivity contribution in [1.82, 2.24) is 4.98 Å². The number of ether oxygens (including phenoxy) is 1. The summed E-state index contributed by atoms with van der Waals surface area (Å²) in [5.41, 5.74) is 1.17. The summed E-state index contributed by atoms with van der Waals surface area (Å²) in [6, 6.07) is 7.82. The summed E-state index contributed by atoms with van der Waals surface area (Å²) in [5, 5.41) is 3.27. The Bertz CT molecular complexity index is 608. The van der Waals surface area contributed by atoms with E-state index in [1.807, 2.05) is 0 Å². The van der Waals surface area contributed by atoms with Crippen molar-refractivity contribution in [2.24, 2.45) is 0 Å². The van der Waals surface area contributed by atoms with E-state index in [-0.39, 0.29) is 5.97 Å². The Kier molecular flexibility index (Phi) is 4.74. The number of aryl methyl sites for hydroxylation is 2. The van der Waals surface area contributed by atoms with Crippen molar-refractivity contribution < 1.29 is 9.53 Å². The minimum absolute atomic E-state index is 0.354. The van der Waals surface area contributed by atoms with Crippen LogP contribution >= 0.6 is 11.3 Å². The number of rotatable bonds is 5. The molecule has 1 N–H and O–H groups in total. The lowest BCUT2D eigenvalue weighted by Gasteiger charge is -2.07. The number of pyridine rings is 1. The van der Waals surface area contributed by atoms with Gasteiger partial charge in [-0.05, 0) is 37.6 Å². The quantitative estimate of drug-likeness (QED) is 0.857. The van der Waals surface area contributed by atoms with Gasteiger partial charge in [-0.25, -0.2) is 9.78 Å². The van der Waals surface area contributed by atoms with E-state index in [4.69, 9.17) is 4.74 Å². The Morgan fingerprint density at radius 3 is 2.65 bits per heavy atom. The highest BCUT2D eigenvalue weighted by molar-refractivity contribution is 7.12. The zero-order chi connectivity index (χ0) is 14.5. The molecule has 4 nitrogen and oxygen atoms in total. The van der Waals surface area contributed by atoms with E-state index in [2.05, 4.69) is 29.4 Å². The molecule has 0 bridgehead atoms. The molecule has 2 heterocycles. The summed E-state index contributed by atoms with van der Waals surface area (Å²) < 4.78 is 4.70. The molecule has 0 radical (unpaired) electrons. The third-order valence-electron chi connectivity index (χ3n) is 3.00. The second-order valence-electron chi connectivity index (χ2n) is 4.40. The number of anilines is 1. The first kappa shape index (κ1) is 14.5. The van der Waals surface area contributed by atoms with Gasteiger partial charge < -0.3 is 10.1 Å². The van der Waals surface area contributed by atoms with Crippen LogP contribution < -0.4 is 5.32 Å². The van der Waals surface area contributed by atoms with E-state index in [1.54, 1.807) is 30.4 Å². The van der Waals surface area contributed by atoms with Crippen molar-refractivity contribution >= 4 is 23.1 Å². The summed E-state index contributed by atoms with van der Waals surface area (Å²) in [6.45, 7) is 4.70. The maximum Gasteiger partial charge on any atom is 0.339 e. The number of carbonyl (C=O) groups is 1. The number of thiophene rings is 1. The van der Waals surface area contributed by atoms with Gasteiger partial charge in [-0.15, -0.1) is 11.3 Å². The van der Waals surface area contributed by atoms with E-state index >= 15 is 0 Å². The molecule has 0 saturated heterocycles. The molecule has 0 unspecified atom stereocenters. The van der Waals surface area contributed by atoms with Crippen molar-refractivity contribution in [1.29, 1.82) is 0 Å². The van der Waals surface area contributed by atoms with E-state index in [1.165, 1.54) is 16.9 Å². The Hall–Kier alpha value is -1.88. The van der Waals surface area contributed by atoms with Crippen molar-refractivity contribution in [3.8, 4) is 0 Å². The van der Waals surface area contributed by atoms with Crippen LogP contribution in [0.4, 0.5) is 5.82 Å². The first-order chi connectivity index (χ1) is 9.63. The molecule has 2 aromatic rings. The number of methoxy groups -OCH3 is 1. The first-order valence-corrected chi connectivity index (χ1v) is 7.33. The molecule has 0 aromatic carbocycles. The fourth-order valence-electron chi connectivity index (χ4n) is 1.87. The molecule has 0 aliphatic rings. The lowest BCUT2D eigenvalue weighted by Crippen LogP contribution is -2.07. The molecular weight excluding hydrogens is 272 g/mol. The number of nitrogens with zero attached hydrogens (tertiary/aromatic N) is 1. The van der Waals surface area contributed by atoms with Crippen LogP contribution in [-0.4, -0.2) is 18.1 Å². The van der Waals surface area contributed by atoms with Crippen LogP contribution in [0.25, 0.3) is 0 Å². The highest BCUT2D eigenvalue weighted by Gasteiger charge is 2.10. The summed E-state index contributed by atoms with van der Waals surface area (Å²) in [5.74, 6) is 0.411. The summed E-state index contributed by atoms with van der Waals surface area (Å²) in [6.07, 6.45) is 1.07. The summed E-state index contributed by atoms with van der Waals surface area (Å²) in [4.78, 5) is 18.5. The molecule has 0 amide bonds. The average Bonchev–Trinajstić information content (AvgIpc) is 2.92. The van der Waals surface area contributed by atoms with Gasteiger partial charge >= 0.3 is 5.97 Å². The van der Waals surface area contributed by atoms with Crippen LogP contribution in [0.15, 0.2) is 24.3 Å². The number of hydrogen-bond donors (Lipinski definition) is 1. The summed E-state index contributed by atoms with van der Waals surface area (Å²) in [7, 11) is 1.37. The Morgan fingerprint density at radius 1 is 1.30 bits per heavy atom. The molecule has 0 saturated carbocycles. The third kappa shape index (κ3) is 3.36. The van der Waals surface area contributed by atoms with Gasteiger partial charge in [0.2, 0.25) is 0 Å². The number of carbonyl (C=O) groups excluding carboxylic acids is 1. The highest BCUT2D eigenvalue weighted by atomic mass is 32.1. The van der Waals surface area contributed by atoms with Crippen molar-refractivity contribution in [3.05, 3.63) is 45.3 Å². The molecule has 0 spiro atoms. The Morgan fingerprint density at radius 2 is 2.05 bits per heavy atom. The lowest BCUT2D eigenvalue weighted by atomic mass is 10.2. The third-order valence-corrected chi connectivity index (χ3v) is 4.23. The minimum Gasteiger partial charge on any atom is -0.465 e. The molecule has 106 valence electrons. The van der Waals surface area contributed by atoms with Gasteiger partial charge in [-0.1, -0.05) is 6.92 Å². The normalized spacial score (nSPS) is 10.3. The van der Waals surface area contributed by atoms with E-state index in [9.17, 15) is 4.79 Å².